The first kappa shape index (κ1) is 15.2. The molecule has 23 heavy (non-hydrogen) atoms. The number of ether oxygens (including phenoxy) is 3. The average Bonchev–Trinajstić information content (AvgIpc) is 3.08. The number of nitrogens with zero attached hydrogens (tertiary/aromatic N) is 4. The molecule has 2 fully saturated rings. The van der Waals surface area contributed by atoms with Crippen LogP contribution in [0.15, 0.2) is 11.1 Å². The molecule has 0 aromatic carbocycles. The minimum Gasteiger partial charge on any atom is -0.394 e. The maximum atomic E-state index is 9.58. The van der Waals surface area contributed by atoms with E-state index in [4.69, 9.17) is 19.9 Å². The van der Waals surface area contributed by atoms with Crippen LogP contribution in [0.1, 0.15) is 20.1 Å². The van der Waals surface area contributed by atoms with Gasteiger partial charge in [0.15, 0.2) is 33.7 Å². The van der Waals surface area contributed by atoms with Crippen LogP contribution in [0.5, 0.6) is 0 Å². The highest BCUT2D eigenvalue weighted by molar-refractivity contribution is 9.10. The van der Waals surface area contributed by atoms with Crippen LogP contribution in [0.25, 0.3) is 11.2 Å². The van der Waals surface area contributed by atoms with Gasteiger partial charge in [0.2, 0.25) is 0 Å². The van der Waals surface area contributed by atoms with E-state index in [0.29, 0.717) is 15.9 Å². The molecule has 2 aliphatic heterocycles. The van der Waals surface area contributed by atoms with Crippen molar-refractivity contribution in [2.75, 3.05) is 12.3 Å². The molecule has 0 amide bonds. The third-order valence-corrected chi connectivity index (χ3v) is 4.58. The Kier molecular flexibility index (Phi) is 3.36. The number of anilines is 1. The van der Waals surface area contributed by atoms with E-state index in [0.717, 1.165) is 0 Å². The van der Waals surface area contributed by atoms with E-state index in [1.807, 2.05) is 13.8 Å². The van der Waals surface area contributed by atoms with E-state index in [1.54, 1.807) is 4.57 Å². The lowest BCUT2D eigenvalue weighted by Crippen LogP contribution is -2.31. The largest absolute Gasteiger partial charge is 0.394 e. The van der Waals surface area contributed by atoms with Crippen LogP contribution >= 0.6 is 15.9 Å². The molecular formula is C13H16BrN5O4. The molecule has 10 heteroatoms. The van der Waals surface area contributed by atoms with Gasteiger partial charge in [-0.1, -0.05) is 0 Å². The van der Waals surface area contributed by atoms with Crippen LogP contribution in [0.2, 0.25) is 0 Å². The van der Waals surface area contributed by atoms with Crippen LogP contribution in [-0.4, -0.2) is 55.3 Å². The molecule has 0 saturated carbocycles. The molecule has 2 aromatic heterocycles. The molecule has 4 heterocycles. The highest BCUT2D eigenvalue weighted by Crippen LogP contribution is 2.44. The Labute approximate surface area is 139 Å². The first-order valence-electron chi connectivity index (χ1n) is 7.17. The molecule has 3 N–H and O–H groups in total. The fourth-order valence-electron chi connectivity index (χ4n) is 3.14. The van der Waals surface area contributed by atoms with Crippen molar-refractivity contribution in [1.82, 2.24) is 19.5 Å². The van der Waals surface area contributed by atoms with Gasteiger partial charge < -0.3 is 25.1 Å². The second-order valence-electron chi connectivity index (χ2n) is 5.99. The molecule has 0 unspecified atom stereocenters. The smallest absolute Gasteiger partial charge is 0.181 e. The van der Waals surface area contributed by atoms with E-state index in [1.165, 1.54) is 6.33 Å². The van der Waals surface area contributed by atoms with Crippen molar-refractivity contribution in [2.45, 2.75) is 44.2 Å². The number of aliphatic hydroxyl groups is 1. The minimum atomic E-state index is -0.748. The van der Waals surface area contributed by atoms with Gasteiger partial charge in [-0.15, -0.1) is 0 Å². The van der Waals surface area contributed by atoms with Crippen LogP contribution < -0.4 is 5.73 Å². The van der Waals surface area contributed by atoms with Gasteiger partial charge in [0.25, 0.3) is 0 Å². The maximum absolute atomic E-state index is 9.58. The minimum absolute atomic E-state index is 0.168. The van der Waals surface area contributed by atoms with Gasteiger partial charge in [0.05, 0.1) is 6.61 Å². The van der Waals surface area contributed by atoms with E-state index in [9.17, 15) is 5.11 Å². The molecule has 2 aliphatic rings. The number of aromatic nitrogens is 4. The van der Waals surface area contributed by atoms with Crippen molar-refractivity contribution in [3.05, 3.63) is 11.1 Å². The van der Waals surface area contributed by atoms with E-state index < -0.39 is 24.2 Å². The predicted molar refractivity (Wildman–Crippen MR) is 82.3 cm³/mol. The topological polar surface area (TPSA) is 118 Å². The number of aliphatic hydroxyl groups excluding tert-OH is 1. The SMILES string of the molecule is CC1(C)O[C@@H]2[C@H](O1)[C@H](n1c(Br)nc3c(N)ncnc31)O[C@@H]2CO. The summed E-state index contributed by atoms with van der Waals surface area (Å²) in [6, 6.07) is 0. The third-order valence-electron chi connectivity index (χ3n) is 4.02. The Morgan fingerprint density at radius 2 is 2.09 bits per heavy atom. The Bertz CT molecular complexity index is 766. The molecule has 9 nitrogen and oxygen atoms in total. The monoisotopic (exact) mass is 385 g/mol. The molecule has 0 aliphatic carbocycles. The maximum Gasteiger partial charge on any atom is 0.181 e. The first-order valence-corrected chi connectivity index (χ1v) is 7.96. The lowest BCUT2D eigenvalue weighted by Gasteiger charge is -2.24. The zero-order chi connectivity index (χ0) is 16.4. The van der Waals surface area contributed by atoms with Gasteiger partial charge >= 0.3 is 0 Å². The van der Waals surface area contributed by atoms with Crippen molar-refractivity contribution in [3.63, 3.8) is 0 Å². The van der Waals surface area contributed by atoms with Crippen molar-refractivity contribution in [1.29, 1.82) is 0 Å². The summed E-state index contributed by atoms with van der Waals surface area (Å²) >= 11 is 3.41. The van der Waals surface area contributed by atoms with Gasteiger partial charge in [-0.3, -0.25) is 4.57 Å². The van der Waals surface area contributed by atoms with Crippen LogP contribution in [0, 0.1) is 0 Å². The van der Waals surface area contributed by atoms with E-state index in [-0.39, 0.29) is 18.5 Å². The van der Waals surface area contributed by atoms with Crippen molar-refractivity contribution in [2.24, 2.45) is 0 Å². The molecule has 2 saturated heterocycles. The van der Waals surface area contributed by atoms with Crippen LogP contribution in [0.3, 0.4) is 0 Å². The standard InChI is InChI=1S/C13H16BrN5O4/c1-13(2)22-7-5(3-20)21-11(8(7)23-13)19-10-6(18-12(19)14)9(15)16-4-17-10/h4-5,7-8,11,20H,3H2,1-2H3,(H2,15,16,17)/t5-,7+,8+,11-/m1/s1. The number of nitrogen functional groups attached to an aromatic ring is 1. The number of hydrogen-bond donors (Lipinski definition) is 2. The van der Waals surface area contributed by atoms with Gasteiger partial charge in [-0.25, -0.2) is 15.0 Å². The summed E-state index contributed by atoms with van der Waals surface area (Å²) in [6.07, 6.45) is -0.438. The molecule has 124 valence electrons. The quantitative estimate of drug-likeness (QED) is 0.720. The van der Waals surface area contributed by atoms with Crippen molar-refractivity contribution >= 4 is 32.9 Å². The van der Waals surface area contributed by atoms with Crippen molar-refractivity contribution < 1.29 is 19.3 Å². The highest BCUT2D eigenvalue weighted by Gasteiger charge is 2.56. The van der Waals surface area contributed by atoms with Gasteiger partial charge in [0.1, 0.15) is 24.6 Å². The molecule has 0 bridgehead atoms. The zero-order valence-electron chi connectivity index (χ0n) is 12.5. The molecule has 4 rings (SSSR count). The average molecular weight is 386 g/mol. The number of nitrogens with two attached hydrogens (primary N) is 1. The number of halogens is 1. The Hall–Kier alpha value is -1.33. The fourth-order valence-corrected chi connectivity index (χ4v) is 3.69. The molecule has 0 spiro atoms. The lowest BCUT2D eigenvalue weighted by atomic mass is 10.1. The molecular weight excluding hydrogens is 370 g/mol. The summed E-state index contributed by atoms with van der Waals surface area (Å²) in [7, 11) is 0. The fraction of sp³-hybridized carbons (Fsp3) is 0.615. The summed E-state index contributed by atoms with van der Waals surface area (Å²) in [5.74, 6) is -0.464. The number of rotatable bonds is 2. The summed E-state index contributed by atoms with van der Waals surface area (Å²) in [5.41, 5.74) is 6.86. The van der Waals surface area contributed by atoms with Crippen molar-refractivity contribution in [3.8, 4) is 0 Å². The zero-order valence-corrected chi connectivity index (χ0v) is 14.1. The number of fused-ring (bicyclic) bond motifs is 2. The summed E-state index contributed by atoms with van der Waals surface area (Å²) in [5, 5.41) is 9.58. The Morgan fingerprint density at radius 1 is 1.35 bits per heavy atom. The third kappa shape index (κ3) is 2.24. The molecule has 2 aromatic rings. The van der Waals surface area contributed by atoms with E-state index in [2.05, 4.69) is 30.9 Å². The Balaban J connectivity index is 1.82. The lowest BCUT2D eigenvalue weighted by molar-refractivity contribution is -0.200. The van der Waals surface area contributed by atoms with E-state index >= 15 is 0 Å². The highest BCUT2D eigenvalue weighted by atomic mass is 79.9. The first-order chi connectivity index (χ1) is 10.9. The summed E-state index contributed by atoms with van der Waals surface area (Å²) in [4.78, 5) is 12.5. The normalized spacial score (nSPS) is 32.5. The van der Waals surface area contributed by atoms with Gasteiger partial charge in [0, 0.05) is 0 Å². The predicted octanol–water partition coefficient (Wildman–Crippen LogP) is 0.581. The number of imidazole rings is 1. The number of hydrogen-bond acceptors (Lipinski definition) is 8. The van der Waals surface area contributed by atoms with Crippen LogP contribution in [-0.2, 0) is 14.2 Å². The van der Waals surface area contributed by atoms with Gasteiger partial charge in [-0.05, 0) is 29.8 Å². The second-order valence-corrected chi connectivity index (χ2v) is 6.70. The molecule has 4 atom stereocenters. The Morgan fingerprint density at radius 3 is 2.83 bits per heavy atom. The second kappa shape index (κ2) is 5.08. The van der Waals surface area contributed by atoms with Crippen LogP contribution in [0.4, 0.5) is 5.82 Å². The van der Waals surface area contributed by atoms with Gasteiger partial charge in [-0.2, -0.15) is 0 Å². The summed E-state index contributed by atoms with van der Waals surface area (Å²) in [6.45, 7) is 3.49. The molecule has 0 radical (unpaired) electrons. The summed E-state index contributed by atoms with van der Waals surface area (Å²) < 4.78 is 20.0.